The van der Waals surface area contributed by atoms with Crippen LogP contribution in [0.3, 0.4) is 0 Å². The predicted molar refractivity (Wildman–Crippen MR) is 79.4 cm³/mol. The molecule has 0 fully saturated rings. The van der Waals surface area contributed by atoms with E-state index in [9.17, 15) is 4.79 Å². The third-order valence-electron chi connectivity index (χ3n) is 2.53. The second-order valence-corrected chi connectivity index (χ2v) is 5.08. The first-order valence-electron chi connectivity index (χ1n) is 5.90. The number of amides is 1. The molecule has 0 radical (unpaired) electrons. The van der Waals surface area contributed by atoms with Crippen molar-refractivity contribution < 1.29 is 4.79 Å². The zero-order chi connectivity index (χ0) is 12.7. The van der Waals surface area contributed by atoms with Gasteiger partial charge in [-0.2, -0.15) is 0 Å². The van der Waals surface area contributed by atoms with E-state index in [1.54, 1.807) is 0 Å². The zero-order valence-electron chi connectivity index (χ0n) is 10.3. The van der Waals surface area contributed by atoms with Crippen molar-refractivity contribution in [3.63, 3.8) is 0 Å². The van der Waals surface area contributed by atoms with Gasteiger partial charge in [0.1, 0.15) is 0 Å². The standard InChI is InChI=1S/C13H19IN2O/c1-3-7-15-8-9-16-13(17)11-5-4-6-12(14)10(11)2/h4-6,15H,3,7-9H2,1-2H3,(H,16,17). The molecule has 1 aromatic carbocycles. The Hall–Kier alpha value is -0.620. The highest BCUT2D eigenvalue weighted by molar-refractivity contribution is 14.1. The van der Waals surface area contributed by atoms with E-state index in [2.05, 4.69) is 40.1 Å². The lowest BCUT2D eigenvalue weighted by Gasteiger charge is -2.09. The van der Waals surface area contributed by atoms with E-state index in [0.717, 1.165) is 34.2 Å². The van der Waals surface area contributed by atoms with Gasteiger partial charge in [-0.1, -0.05) is 13.0 Å². The largest absolute Gasteiger partial charge is 0.351 e. The molecule has 0 unspecified atom stereocenters. The SMILES string of the molecule is CCCNCCNC(=O)c1cccc(I)c1C. The summed E-state index contributed by atoms with van der Waals surface area (Å²) in [6.07, 6.45) is 1.12. The van der Waals surface area contributed by atoms with E-state index in [4.69, 9.17) is 0 Å². The lowest BCUT2D eigenvalue weighted by Crippen LogP contribution is -2.32. The third-order valence-corrected chi connectivity index (χ3v) is 3.70. The van der Waals surface area contributed by atoms with Crippen molar-refractivity contribution in [2.24, 2.45) is 0 Å². The molecular formula is C13H19IN2O. The molecule has 0 aliphatic heterocycles. The Morgan fingerprint density at radius 1 is 1.29 bits per heavy atom. The van der Waals surface area contributed by atoms with Crippen LogP contribution in [0.4, 0.5) is 0 Å². The molecule has 2 N–H and O–H groups in total. The normalized spacial score (nSPS) is 10.3. The Bertz CT molecular complexity index is 380. The molecule has 0 saturated carbocycles. The van der Waals surface area contributed by atoms with Crippen molar-refractivity contribution in [1.82, 2.24) is 10.6 Å². The molecular weight excluding hydrogens is 327 g/mol. The van der Waals surface area contributed by atoms with Crippen LogP contribution in [0, 0.1) is 10.5 Å². The Balaban J connectivity index is 2.44. The highest BCUT2D eigenvalue weighted by atomic mass is 127. The first-order valence-corrected chi connectivity index (χ1v) is 6.98. The van der Waals surface area contributed by atoms with Crippen LogP contribution in [0.1, 0.15) is 29.3 Å². The molecule has 0 aromatic heterocycles. The molecule has 3 nitrogen and oxygen atoms in total. The van der Waals surface area contributed by atoms with Crippen molar-refractivity contribution in [2.75, 3.05) is 19.6 Å². The van der Waals surface area contributed by atoms with Crippen molar-refractivity contribution in [3.05, 3.63) is 32.9 Å². The Morgan fingerprint density at radius 2 is 2.06 bits per heavy atom. The molecule has 0 spiro atoms. The van der Waals surface area contributed by atoms with Crippen LogP contribution in [0.25, 0.3) is 0 Å². The maximum absolute atomic E-state index is 11.9. The first-order chi connectivity index (χ1) is 8.16. The fourth-order valence-electron chi connectivity index (χ4n) is 1.51. The van der Waals surface area contributed by atoms with Crippen LogP contribution in [-0.2, 0) is 0 Å². The number of hydrogen-bond donors (Lipinski definition) is 2. The van der Waals surface area contributed by atoms with E-state index in [1.807, 2.05) is 25.1 Å². The molecule has 17 heavy (non-hydrogen) atoms. The van der Waals surface area contributed by atoms with Crippen molar-refractivity contribution in [2.45, 2.75) is 20.3 Å². The Kier molecular flexibility index (Phi) is 6.50. The van der Waals surface area contributed by atoms with Gasteiger partial charge >= 0.3 is 0 Å². The zero-order valence-corrected chi connectivity index (χ0v) is 12.5. The van der Waals surface area contributed by atoms with Crippen molar-refractivity contribution >= 4 is 28.5 Å². The lowest BCUT2D eigenvalue weighted by atomic mass is 10.1. The van der Waals surface area contributed by atoms with E-state index >= 15 is 0 Å². The molecule has 0 atom stereocenters. The number of carbonyl (C=O) groups is 1. The fraction of sp³-hybridized carbons (Fsp3) is 0.462. The quantitative estimate of drug-likeness (QED) is 0.613. The summed E-state index contributed by atoms with van der Waals surface area (Å²) in [5, 5.41) is 6.17. The second kappa shape index (κ2) is 7.66. The molecule has 0 heterocycles. The average molecular weight is 346 g/mol. The minimum Gasteiger partial charge on any atom is -0.351 e. The fourth-order valence-corrected chi connectivity index (χ4v) is 2.01. The highest BCUT2D eigenvalue weighted by Crippen LogP contribution is 2.15. The van der Waals surface area contributed by atoms with Crippen LogP contribution in [0.5, 0.6) is 0 Å². The van der Waals surface area contributed by atoms with Gasteiger partial charge in [0, 0.05) is 22.2 Å². The molecule has 0 aliphatic carbocycles. The number of hydrogen-bond acceptors (Lipinski definition) is 2. The number of nitrogens with one attached hydrogen (secondary N) is 2. The lowest BCUT2D eigenvalue weighted by molar-refractivity contribution is 0.0953. The van der Waals surface area contributed by atoms with Gasteiger partial charge in [-0.3, -0.25) is 4.79 Å². The monoisotopic (exact) mass is 346 g/mol. The summed E-state index contributed by atoms with van der Waals surface area (Å²) in [5.74, 6) is 0.0133. The van der Waals surface area contributed by atoms with Gasteiger partial charge in [0.25, 0.3) is 5.91 Å². The van der Waals surface area contributed by atoms with Crippen molar-refractivity contribution in [3.8, 4) is 0 Å². The highest BCUT2D eigenvalue weighted by Gasteiger charge is 2.09. The summed E-state index contributed by atoms with van der Waals surface area (Å²) in [5.41, 5.74) is 1.82. The van der Waals surface area contributed by atoms with Crippen LogP contribution in [0.15, 0.2) is 18.2 Å². The van der Waals surface area contributed by atoms with Gasteiger partial charge < -0.3 is 10.6 Å². The maximum atomic E-state index is 11.9. The molecule has 94 valence electrons. The molecule has 0 bridgehead atoms. The van der Waals surface area contributed by atoms with Crippen LogP contribution in [0.2, 0.25) is 0 Å². The minimum atomic E-state index is 0.0133. The van der Waals surface area contributed by atoms with Crippen LogP contribution >= 0.6 is 22.6 Å². The molecule has 0 saturated heterocycles. The van der Waals surface area contributed by atoms with Crippen molar-refractivity contribution in [1.29, 1.82) is 0 Å². The van der Waals surface area contributed by atoms with E-state index in [0.29, 0.717) is 6.54 Å². The topological polar surface area (TPSA) is 41.1 Å². The number of benzene rings is 1. The van der Waals surface area contributed by atoms with Gasteiger partial charge in [0.2, 0.25) is 0 Å². The minimum absolute atomic E-state index is 0.0133. The smallest absolute Gasteiger partial charge is 0.251 e. The van der Waals surface area contributed by atoms with Crippen LogP contribution in [-0.4, -0.2) is 25.5 Å². The Labute approximate surface area is 117 Å². The van der Waals surface area contributed by atoms with E-state index < -0.39 is 0 Å². The van der Waals surface area contributed by atoms with Gasteiger partial charge in [-0.25, -0.2) is 0 Å². The van der Waals surface area contributed by atoms with E-state index in [-0.39, 0.29) is 5.91 Å². The van der Waals surface area contributed by atoms with E-state index in [1.165, 1.54) is 0 Å². The number of rotatable bonds is 6. The van der Waals surface area contributed by atoms with Gasteiger partial charge in [0.05, 0.1) is 0 Å². The molecule has 1 rings (SSSR count). The molecule has 4 heteroatoms. The van der Waals surface area contributed by atoms with Gasteiger partial charge in [-0.15, -0.1) is 0 Å². The maximum Gasteiger partial charge on any atom is 0.251 e. The molecule has 1 aromatic rings. The van der Waals surface area contributed by atoms with Gasteiger partial charge in [0.15, 0.2) is 0 Å². The van der Waals surface area contributed by atoms with Crippen LogP contribution < -0.4 is 10.6 Å². The number of halogens is 1. The summed E-state index contributed by atoms with van der Waals surface area (Å²) < 4.78 is 1.12. The molecule has 0 aliphatic rings. The number of carbonyl (C=O) groups excluding carboxylic acids is 1. The van der Waals surface area contributed by atoms with Gasteiger partial charge in [-0.05, 0) is 60.2 Å². The Morgan fingerprint density at radius 3 is 2.76 bits per heavy atom. The molecule has 1 amide bonds. The summed E-state index contributed by atoms with van der Waals surface area (Å²) in [6, 6.07) is 5.79. The summed E-state index contributed by atoms with van der Waals surface area (Å²) in [4.78, 5) is 11.9. The summed E-state index contributed by atoms with van der Waals surface area (Å²) in [7, 11) is 0. The second-order valence-electron chi connectivity index (χ2n) is 3.92. The predicted octanol–water partition coefficient (Wildman–Crippen LogP) is 2.33. The third kappa shape index (κ3) is 4.63. The first kappa shape index (κ1) is 14.4. The summed E-state index contributed by atoms with van der Waals surface area (Å²) in [6.45, 7) is 6.59. The average Bonchev–Trinajstić information content (AvgIpc) is 2.32. The summed E-state index contributed by atoms with van der Waals surface area (Å²) >= 11 is 2.25.